The monoisotopic (exact) mass is 226 g/mol. The molecule has 0 radical (unpaired) electrons. The Morgan fingerprint density at radius 3 is 2.06 bits per heavy atom. The average molecular weight is 226 g/mol. The molecular formula is C11H20N3O2-. The second-order valence-corrected chi connectivity index (χ2v) is 5.76. The van der Waals surface area contributed by atoms with Gasteiger partial charge in [0.1, 0.15) is 5.72 Å². The van der Waals surface area contributed by atoms with Gasteiger partial charge in [-0.2, -0.15) is 0 Å². The normalized spacial score (nSPS) is 50.2. The summed E-state index contributed by atoms with van der Waals surface area (Å²) in [4.78, 5) is 5.39. The van der Waals surface area contributed by atoms with E-state index in [0.29, 0.717) is 17.1 Å². The number of nitrogens with two attached hydrogens (primary N) is 2. The van der Waals surface area contributed by atoms with E-state index in [4.69, 9.17) is 16.3 Å². The predicted octanol–water partition coefficient (Wildman–Crippen LogP) is 0.745. The van der Waals surface area contributed by atoms with Gasteiger partial charge in [0, 0.05) is 11.8 Å². The van der Waals surface area contributed by atoms with Gasteiger partial charge >= 0.3 is 0 Å². The van der Waals surface area contributed by atoms with Gasteiger partial charge < -0.3 is 16.7 Å². The van der Waals surface area contributed by atoms with Crippen molar-refractivity contribution in [1.82, 2.24) is 5.23 Å². The highest BCUT2D eigenvalue weighted by Gasteiger charge is 2.56. The standard InChI is InChI=1S/C11H20N3O2/c12-6-14(15)16-11(13)9-2-7-1-8(4-9)5-10(11)3-7/h7-10H,1-6,12-13H2/q-1. The van der Waals surface area contributed by atoms with Gasteiger partial charge in [0.05, 0.1) is 6.67 Å². The molecule has 0 aromatic heterocycles. The Morgan fingerprint density at radius 2 is 1.62 bits per heavy atom. The van der Waals surface area contributed by atoms with Crippen LogP contribution in [0.1, 0.15) is 32.1 Å². The molecule has 92 valence electrons. The Hall–Kier alpha value is -0.200. The van der Waals surface area contributed by atoms with Gasteiger partial charge in [-0.25, -0.2) is 5.23 Å². The van der Waals surface area contributed by atoms with E-state index in [1.54, 1.807) is 0 Å². The Kier molecular flexibility index (Phi) is 2.49. The van der Waals surface area contributed by atoms with Gasteiger partial charge in [0.15, 0.2) is 0 Å². The molecule has 0 atom stereocenters. The van der Waals surface area contributed by atoms with Crippen molar-refractivity contribution < 1.29 is 4.84 Å². The van der Waals surface area contributed by atoms with Crippen LogP contribution in [0.15, 0.2) is 0 Å². The molecule has 4 aliphatic carbocycles. The molecule has 0 saturated heterocycles. The molecule has 0 heterocycles. The first-order valence-corrected chi connectivity index (χ1v) is 6.24. The van der Waals surface area contributed by atoms with E-state index in [2.05, 4.69) is 0 Å². The highest BCUT2D eigenvalue weighted by molar-refractivity contribution is 5.05. The molecule has 0 aromatic rings. The van der Waals surface area contributed by atoms with Crippen molar-refractivity contribution in [3.63, 3.8) is 0 Å². The molecule has 4 N–H and O–H groups in total. The fourth-order valence-electron chi connectivity index (χ4n) is 4.28. The van der Waals surface area contributed by atoms with E-state index >= 15 is 0 Å². The maximum Gasteiger partial charge on any atom is 0.142 e. The van der Waals surface area contributed by atoms with Crippen LogP contribution in [0.4, 0.5) is 0 Å². The van der Waals surface area contributed by atoms with E-state index in [-0.39, 0.29) is 6.67 Å². The first kappa shape index (κ1) is 10.9. The minimum absolute atomic E-state index is 0.148. The Bertz CT molecular complexity index is 256. The summed E-state index contributed by atoms with van der Waals surface area (Å²) < 4.78 is 0. The zero-order valence-corrected chi connectivity index (χ0v) is 9.47. The third kappa shape index (κ3) is 1.50. The van der Waals surface area contributed by atoms with E-state index in [1.165, 1.54) is 6.42 Å². The summed E-state index contributed by atoms with van der Waals surface area (Å²) in [6.07, 6.45) is 5.87. The Labute approximate surface area is 95.6 Å². The lowest BCUT2D eigenvalue weighted by atomic mass is 9.52. The second kappa shape index (κ2) is 3.65. The van der Waals surface area contributed by atoms with Crippen LogP contribution in [-0.4, -0.2) is 17.6 Å². The van der Waals surface area contributed by atoms with Crippen LogP contribution in [0.5, 0.6) is 0 Å². The molecule has 4 saturated carbocycles. The molecule has 4 bridgehead atoms. The molecule has 16 heavy (non-hydrogen) atoms. The van der Waals surface area contributed by atoms with Crippen molar-refractivity contribution >= 4 is 0 Å². The lowest BCUT2D eigenvalue weighted by Crippen LogP contribution is -2.65. The lowest BCUT2D eigenvalue weighted by molar-refractivity contribution is -0.296. The maximum absolute atomic E-state index is 11.3. The smallest absolute Gasteiger partial charge is 0.142 e. The van der Waals surface area contributed by atoms with Crippen molar-refractivity contribution in [3.8, 4) is 0 Å². The Balaban J connectivity index is 1.79. The molecule has 5 heteroatoms. The summed E-state index contributed by atoms with van der Waals surface area (Å²) in [5.41, 5.74) is 10.9. The molecule has 4 fully saturated rings. The van der Waals surface area contributed by atoms with Gasteiger partial charge in [-0.15, -0.1) is 0 Å². The molecule has 0 amide bonds. The predicted molar refractivity (Wildman–Crippen MR) is 59.3 cm³/mol. The van der Waals surface area contributed by atoms with Crippen molar-refractivity contribution in [3.05, 3.63) is 5.21 Å². The van der Waals surface area contributed by atoms with E-state index in [0.717, 1.165) is 37.5 Å². The largest absolute Gasteiger partial charge is 0.761 e. The molecule has 4 aliphatic rings. The minimum Gasteiger partial charge on any atom is -0.761 e. The van der Waals surface area contributed by atoms with Crippen LogP contribution < -0.4 is 11.5 Å². The fraction of sp³-hybridized carbons (Fsp3) is 1.00. The maximum atomic E-state index is 11.3. The topological polar surface area (TPSA) is 87.6 Å². The SMILES string of the molecule is NCN([O-])OC1(N)C2CC3CC(C2)CC1C3. The second-order valence-electron chi connectivity index (χ2n) is 5.76. The van der Waals surface area contributed by atoms with Crippen molar-refractivity contribution in [2.45, 2.75) is 37.8 Å². The highest BCUT2D eigenvalue weighted by Crippen LogP contribution is 2.57. The molecule has 0 spiro atoms. The molecule has 0 unspecified atom stereocenters. The summed E-state index contributed by atoms with van der Waals surface area (Å²) in [5, 5.41) is 11.7. The number of hydroxylamine groups is 2. The van der Waals surface area contributed by atoms with Crippen LogP contribution in [0.2, 0.25) is 0 Å². The first-order valence-electron chi connectivity index (χ1n) is 6.24. The molecular weight excluding hydrogens is 206 g/mol. The highest BCUT2D eigenvalue weighted by atomic mass is 16.9. The summed E-state index contributed by atoms with van der Waals surface area (Å²) in [5.74, 6) is 2.35. The van der Waals surface area contributed by atoms with Crippen LogP contribution in [-0.2, 0) is 4.84 Å². The number of rotatable bonds is 3. The van der Waals surface area contributed by atoms with Crippen LogP contribution in [0.3, 0.4) is 0 Å². The fourth-order valence-corrected chi connectivity index (χ4v) is 4.28. The number of hydrogen-bond donors (Lipinski definition) is 2. The van der Waals surface area contributed by atoms with Crippen LogP contribution in [0, 0.1) is 28.9 Å². The summed E-state index contributed by atoms with van der Waals surface area (Å²) in [6, 6.07) is 0. The average Bonchev–Trinajstić information content (AvgIpc) is 2.25. The summed E-state index contributed by atoms with van der Waals surface area (Å²) in [7, 11) is 0. The molecule has 5 nitrogen and oxygen atoms in total. The van der Waals surface area contributed by atoms with Crippen molar-refractivity contribution in [2.24, 2.45) is 35.1 Å². The number of hydrogen-bond acceptors (Lipinski definition) is 5. The quantitative estimate of drug-likeness (QED) is 0.547. The van der Waals surface area contributed by atoms with Gasteiger partial charge in [0.25, 0.3) is 0 Å². The third-order valence-corrected chi connectivity index (χ3v) is 4.82. The van der Waals surface area contributed by atoms with Crippen molar-refractivity contribution in [1.29, 1.82) is 0 Å². The van der Waals surface area contributed by atoms with Gasteiger partial charge in [-0.05, 0) is 43.9 Å². The van der Waals surface area contributed by atoms with Gasteiger partial charge in [0.2, 0.25) is 0 Å². The van der Waals surface area contributed by atoms with Gasteiger partial charge in [-0.3, -0.25) is 4.84 Å². The zero-order valence-electron chi connectivity index (χ0n) is 9.47. The lowest BCUT2D eigenvalue weighted by Gasteiger charge is -2.60. The summed E-state index contributed by atoms with van der Waals surface area (Å²) in [6.45, 7) is -0.148. The summed E-state index contributed by atoms with van der Waals surface area (Å²) >= 11 is 0. The zero-order chi connectivity index (χ0) is 11.3. The molecule has 0 aromatic carbocycles. The van der Waals surface area contributed by atoms with Crippen LogP contribution >= 0.6 is 0 Å². The van der Waals surface area contributed by atoms with Crippen molar-refractivity contribution in [2.75, 3.05) is 6.67 Å². The molecule has 0 aliphatic heterocycles. The van der Waals surface area contributed by atoms with E-state index in [1.807, 2.05) is 0 Å². The number of nitrogens with zero attached hydrogens (tertiary/aromatic N) is 1. The minimum atomic E-state index is -0.742. The third-order valence-electron chi connectivity index (χ3n) is 4.82. The van der Waals surface area contributed by atoms with E-state index in [9.17, 15) is 5.21 Å². The van der Waals surface area contributed by atoms with Gasteiger partial charge in [-0.1, -0.05) is 0 Å². The molecule has 4 rings (SSSR count). The first-order chi connectivity index (χ1) is 7.61. The Morgan fingerprint density at radius 1 is 1.12 bits per heavy atom. The van der Waals surface area contributed by atoms with Crippen LogP contribution in [0.25, 0.3) is 0 Å². The van der Waals surface area contributed by atoms with E-state index < -0.39 is 5.72 Å².